The average molecular weight is 266 g/mol. The molecule has 19 heavy (non-hydrogen) atoms. The number of rotatable bonds is 5. The molecule has 0 spiro atoms. The first-order valence-electron chi connectivity index (χ1n) is 6.69. The van der Waals surface area contributed by atoms with Gasteiger partial charge in [-0.2, -0.15) is 4.98 Å². The molecule has 1 atom stereocenters. The maximum Gasteiger partial charge on any atom is 0.347 e. The zero-order chi connectivity index (χ0) is 13.9. The molecule has 1 aromatic heterocycles. The summed E-state index contributed by atoms with van der Waals surface area (Å²) in [6, 6.07) is 1.90. The van der Waals surface area contributed by atoms with Crippen LogP contribution in [0.1, 0.15) is 17.8 Å². The Kier molecular flexibility index (Phi) is 4.34. The minimum Gasteiger partial charge on any atom is -0.387 e. The summed E-state index contributed by atoms with van der Waals surface area (Å²) in [4.78, 5) is 15.7. The van der Waals surface area contributed by atoms with Crippen LogP contribution >= 0.6 is 0 Å². The number of aromatic nitrogens is 2. The third kappa shape index (κ3) is 3.62. The van der Waals surface area contributed by atoms with E-state index in [1.165, 1.54) is 0 Å². The summed E-state index contributed by atoms with van der Waals surface area (Å²) < 4.78 is 1.65. The van der Waals surface area contributed by atoms with Crippen LogP contribution in [0.3, 0.4) is 0 Å². The van der Waals surface area contributed by atoms with E-state index in [-0.39, 0.29) is 5.69 Å². The maximum absolute atomic E-state index is 11.7. The summed E-state index contributed by atoms with van der Waals surface area (Å²) in [5.41, 5.74) is 0.810. The zero-order valence-corrected chi connectivity index (χ0v) is 11.6. The smallest absolute Gasteiger partial charge is 0.347 e. The van der Waals surface area contributed by atoms with E-state index in [1.807, 2.05) is 19.9 Å². The number of hydrogen-bond donors (Lipinski definition) is 3. The van der Waals surface area contributed by atoms with E-state index >= 15 is 0 Å². The molecular weight excluding hydrogens is 244 g/mol. The van der Waals surface area contributed by atoms with Crippen LogP contribution in [0.15, 0.2) is 10.9 Å². The summed E-state index contributed by atoms with van der Waals surface area (Å²) in [7, 11) is 0. The van der Waals surface area contributed by atoms with Crippen molar-refractivity contribution in [3.8, 4) is 0 Å². The molecule has 0 unspecified atom stereocenters. The van der Waals surface area contributed by atoms with Gasteiger partial charge < -0.3 is 15.7 Å². The minimum absolute atomic E-state index is 0.208. The van der Waals surface area contributed by atoms with Crippen molar-refractivity contribution in [3.05, 3.63) is 27.9 Å². The molecule has 0 bridgehead atoms. The molecule has 0 aliphatic carbocycles. The monoisotopic (exact) mass is 266 g/mol. The fraction of sp³-hybridized carbons (Fsp3) is 0.692. The van der Waals surface area contributed by atoms with Crippen LogP contribution in [-0.2, 0) is 6.54 Å². The van der Waals surface area contributed by atoms with Crippen molar-refractivity contribution in [2.45, 2.75) is 32.4 Å². The highest BCUT2D eigenvalue weighted by Gasteiger charge is 2.30. The van der Waals surface area contributed by atoms with Gasteiger partial charge in [0.05, 0.1) is 5.60 Å². The van der Waals surface area contributed by atoms with Crippen molar-refractivity contribution in [1.29, 1.82) is 0 Å². The van der Waals surface area contributed by atoms with Gasteiger partial charge in [-0.25, -0.2) is 4.79 Å². The Labute approximate surface area is 112 Å². The highest BCUT2D eigenvalue weighted by Crippen LogP contribution is 2.12. The Morgan fingerprint density at radius 1 is 1.58 bits per heavy atom. The van der Waals surface area contributed by atoms with E-state index in [1.54, 1.807) is 4.57 Å². The Morgan fingerprint density at radius 2 is 2.37 bits per heavy atom. The molecule has 0 radical (unpaired) electrons. The molecule has 0 aromatic carbocycles. The van der Waals surface area contributed by atoms with Gasteiger partial charge in [-0.1, -0.05) is 0 Å². The molecule has 2 rings (SSSR count). The molecule has 1 fully saturated rings. The van der Waals surface area contributed by atoms with Crippen LogP contribution in [0.4, 0.5) is 0 Å². The SMILES string of the molecule is Cc1cc(C)n(CCNC[C@@]2(O)CCNC2)c(=O)n1. The van der Waals surface area contributed by atoms with Crippen LogP contribution in [0.25, 0.3) is 0 Å². The van der Waals surface area contributed by atoms with Gasteiger partial charge in [-0.05, 0) is 32.9 Å². The number of aryl methyl sites for hydroxylation is 2. The fourth-order valence-corrected chi connectivity index (χ4v) is 2.44. The Hall–Kier alpha value is -1.24. The summed E-state index contributed by atoms with van der Waals surface area (Å²) in [5, 5.41) is 16.5. The third-order valence-electron chi connectivity index (χ3n) is 3.53. The van der Waals surface area contributed by atoms with Crippen LogP contribution < -0.4 is 16.3 Å². The van der Waals surface area contributed by atoms with E-state index < -0.39 is 5.60 Å². The van der Waals surface area contributed by atoms with E-state index in [0.29, 0.717) is 26.2 Å². The molecule has 2 heterocycles. The Bertz CT molecular complexity index is 492. The molecule has 6 nitrogen and oxygen atoms in total. The molecule has 1 aromatic rings. The first-order valence-corrected chi connectivity index (χ1v) is 6.69. The fourth-order valence-electron chi connectivity index (χ4n) is 2.44. The molecule has 0 amide bonds. The number of hydrogen-bond acceptors (Lipinski definition) is 5. The largest absolute Gasteiger partial charge is 0.387 e. The van der Waals surface area contributed by atoms with E-state index in [9.17, 15) is 9.90 Å². The Balaban J connectivity index is 1.84. The van der Waals surface area contributed by atoms with Gasteiger partial charge in [0, 0.05) is 37.6 Å². The van der Waals surface area contributed by atoms with Crippen molar-refractivity contribution in [1.82, 2.24) is 20.2 Å². The summed E-state index contributed by atoms with van der Waals surface area (Å²) in [6.45, 7) is 6.98. The lowest BCUT2D eigenvalue weighted by molar-refractivity contribution is 0.0611. The second-order valence-electron chi connectivity index (χ2n) is 5.30. The lowest BCUT2D eigenvalue weighted by Gasteiger charge is -2.21. The van der Waals surface area contributed by atoms with Crippen LogP contribution in [0.5, 0.6) is 0 Å². The molecule has 106 valence electrons. The maximum atomic E-state index is 11.7. The second-order valence-corrected chi connectivity index (χ2v) is 5.30. The van der Waals surface area contributed by atoms with Crippen molar-refractivity contribution >= 4 is 0 Å². The van der Waals surface area contributed by atoms with Crippen molar-refractivity contribution in [3.63, 3.8) is 0 Å². The van der Waals surface area contributed by atoms with E-state index in [0.717, 1.165) is 24.4 Å². The van der Waals surface area contributed by atoms with Gasteiger partial charge in [-0.3, -0.25) is 4.57 Å². The number of nitrogens with zero attached hydrogens (tertiary/aromatic N) is 2. The molecule has 1 aliphatic heterocycles. The third-order valence-corrected chi connectivity index (χ3v) is 3.53. The lowest BCUT2D eigenvalue weighted by atomic mass is 10.0. The second kappa shape index (κ2) is 5.81. The van der Waals surface area contributed by atoms with Crippen LogP contribution in [0, 0.1) is 13.8 Å². The molecule has 0 saturated carbocycles. The normalized spacial score (nSPS) is 22.9. The number of aliphatic hydroxyl groups is 1. The van der Waals surface area contributed by atoms with Gasteiger partial charge in [0.15, 0.2) is 0 Å². The van der Waals surface area contributed by atoms with Gasteiger partial charge in [0.25, 0.3) is 0 Å². The summed E-state index contributed by atoms with van der Waals surface area (Å²) in [5.74, 6) is 0. The van der Waals surface area contributed by atoms with E-state index in [4.69, 9.17) is 0 Å². The van der Waals surface area contributed by atoms with Gasteiger partial charge in [-0.15, -0.1) is 0 Å². The van der Waals surface area contributed by atoms with Crippen molar-refractivity contribution in [2.75, 3.05) is 26.2 Å². The average Bonchev–Trinajstić information content (AvgIpc) is 2.74. The molecule has 1 aliphatic rings. The first kappa shape index (κ1) is 14.2. The number of β-amino-alcohol motifs (C(OH)–C–C–N with tert-alkyl or cyclic N) is 1. The lowest BCUT2D eigenvalue weighted by Crippen LogP contribution is -2.43. The molecule has 1 saturated heterocycles. The molecule has 3 N–H and O–H groups in total. The summed E-state index contributed by atoms with van der Waals surface area (Å²) >= 11 is 0. The molecular formula is C13H22N4O2. The summed E-state index contributed by atoms with van der Waals surface area (Å²) in [6.07, 6.45) is 0.769. The van der Waals surface area contributed by atoms with Crippen LogP contribution in [-0.4, -0.2) is 46.4 Å². The van der Waals surface area contributed by atoms with Gasteiger partial charge in [0.1, 0.15) is 0 Å². The minimum atomic E-state index is -0.647. The first-order chi connectivity index (χ1) is 9.00. The van der Waals surface area contributed by atoms with Gasteiger partial charge in [0.2, 0.25) is 0 Å². The van der Waals surface area contributed by atoms with E-state index in [2.05, 4.69) is 15.6 Å². The molecule has 6 heteroatoms. The van der Waals surface area contributed by atoms with Crippen LogP contribution in [0.2, 0.25) is 0 Å². The highest BCUT2D eigenvalue weighted by molar-refractivity contribution is 5.06. The zero-order valence-electron chi connectivity index (χ0n) is 11.6. The predicted molar refractivity (Wildman–Crippen MR) is 73.3 cm³/mol. The highest BCUT2D eigenvalue weighted by atomic mass is 16.3. The van der Waals surface area contributed by atoms with Crippen molar-refractivity contribution < 1.29 is 5.11 Å². The van der Waals surface area contributed by atoms with Gasteiger partial charge >= 0.3 is 5.69 Å². The topological polar surface area (TPSA) is 79.2 Å². The number of nitrogens with one attached hydrogen (secondary N) is 2. The standard InChI is InChI=1S/C13H22N4O2/c1-10-7-11(2)17(12(18)16-10)6-5-15-9-13(19)3-4-14-8-13/h7,14-15,19H,3-6,8-9H2,1-2H3/t13-/m1/s1. The van der Waals surface area contributed by atoms with Crippen molar-refractivity contribution in [2.24, 2.45) is 0 Å². The quantitative estimate of drug-likeness (QED) is 0.607. The Morgan fingerprint density at radius 3 is 3.00 bits per heavy atom. The predicted octanol–water partition coefficient (Wildman–Crippen LogP) is -0.826.